The van der Waals surface area contributed by atoms with E-state index in [1.54, 1.807) is 6.20 Å². The summed E-state index contributed by atoms with van der Waals surface area (Å²) in [7, 11) is 0. The Morgan fingerprint density at radius 3 is 2.41 bits per heavy atom. The van der Waals surface area contributed by atoms with Crippen molar-refractivity contribution < 1.29 is 4.74 Å². The molecule has 0 amide bonds. The van der Waals surface area contributed by atoms with Crippen molar-refractivity contribution >= 4 is 0 Å². The second-order valence-corrected chi connectivity index (χ2v) is 4.23. The van der Waals surface area contributed by atoms with Gasteiger partial charge in [0.05, 0.1) is 17.8 Å². The summed E-state index contributed by atoms with van der Waals surface area (Å²) in [5, 5.41) is 6.77. The number of nitrogens with two attached hydrogens (primary N) is 1. The van der Waals surface area contributed by atoms with Crippen LogP contribution in [0.3, 0.4) is 0 Å². The van der Waals surface area contributed by atoms with Crippen LogP contribution in [-0.4, -0.2) is 16.3 Å². The molecule has 0 aliphatic heterocycles. The number of rotatable bonds is 4. The van der Waals surface area contributed by atoms with E-state index in [4.69, 9.17) is 10.5 Å². The molecule has 0 radical (unpaired) electrons. The van der Waals surface area contributed by atoms with Crippen molar-refractivity contribution in [2.75, 3.05) is 0 Å². The lowest BCUT2D eigenvalue weighted by Gasteiger charge is -2.12. The van der Waals surface area contributed by atoms with Crippen LogP contribution < -0.4 is 10.5 Å². The van der Waals surface area contributed by atoms with Gasteiger partial charge in [-0.3, -0.25) is 5.10 Å². The lowest BCUT2D eigenvalue weighted by atomic mass is 10.1. The number of ether oxygens (including phenoxy) is 1. The van der Waals surface area contributed by atoms with Crippen LogP contribution in [-0.2, 0) is 0 Å². The van der Waals surface area contributed by atoms with Crippen molar-refractivity contribution in [1.29, 1.82) is 0 Å². The Morgan fingerprint density at radius 2 is 1.88 bits per heavy atom. The summed E-state index contributed by atoms with van der Waals surface area (Å²) < 4.78 is 5.58. The minimum Gasteiger partial charge on any atom is -0.491 e. The van der Waals surface area contributed by atoms with Crippen LogP contribution in [0.5, 0.6) is 5.75 Å². The quantitative estimate of drug-likeness (QED) is 0.848. The molecular formula is C13H17N3O. The van der Waals surface area contributed by atoms with Crippen molar-refractivity contribution in [3.8, 4) is 5.75 Å². The Kier molecular flexibility index (Phi) is 3.44. The number of H-pyrrole nitrogens is 1. The molecule has 2 aromatic rings. The summed E-state index contributed by atoms with van der Waals surface area (Å²) in [6.45, 7) is 4.01. The first-order valence-electron chi connectivity index (χ1n) is 5.68. The number of hydrogen-bond donors (Lipinski definition) is 2. The molecule has 90 valence electrons. The van der Waals surface area contributed by atoms with Crippen molar-refractivity contribution in [2.45, 2.75) is 26.0 Å². The van der Waals surface area contributed by atoms with Gasteiger partial charge >= 0.3 is 0 Å². The second-order valence-electron chi connectivity index (χ2n) is 4.23. The standard InChI is InChI=1S/C13H17N3O/c1-9(2)17-11-5-3-10(4-6-11)13(14)12-7-8-15-16-12/h3-9,13H,14H2,1-2H3,(H,15,16). The molecule has 17 heavy (non-hydrogen) atoms. The van der Waals surface area contributed by atoms with E-state index in [1.165, 1.54) is 0 Å². The normalized spacial score (nSPS) is 12.7. The van der Waals surface area contributed by atoms with Crippen molar-refractivity contribution in [3.63, 3.8) is 0 Å². The van der Waals surface area contributed by atoms with Crippen LogP contribution in [0.1, 0.15) is 31.1 Å². The zero-order valence-corrected chi connectivity index (χ0v) is 10.1. The van der Waals surface area contributed by atoms with E-state index >= 15 is 0 Å². The molecule has 1 aromatic carbocycles. The van der Waals surface area contributed by atoms with E-state index in [0.29, 0.717) is 0 Å². The molecule has 3 N–H and O–H groups in total. The van der Waals surface area contributed by atoms with Gasteiger partial charge in [-0.2, -0.15) is 5.10 Å². The fraction of sp³-hybridized carbons (Fsp3) is 0.308. The van der Waals surface area contributed by atoms with Crippen LogP contribution in [0.15, 0.2) is 36.5 Å². The van der Waals surface area contributed by atoms with Gasteiger partial charge in [0.2, 0.25) is 0 Å². The summed E-state index contributed by atoms with van der Waals surface area (Å²) in [4.78, 5) is 0. The van der Waals surface area contributed by atoms with Crippen LogP contribution in [0.4, 0.5) is 0 Å². The number of nitrogens with one attached hydrogen (secondary N) is 1. The highest BCUT2D eigenvalue weighted by Crippen LogP contribution is 2.20. The highest BCUT2D eigenvalue weighted by atomic mass is 16.5. The molecule has 0 aliphatic rings. The van der Waals surface area contributed by atoms with Crippen LogP contribution in [0.2, 0.25) is 0 Å². The maximum atomic E-state index is 6.10. The molecule has 1 unspecified atom stereocenters. The molecule has 0 saturated heterocycles. The van der Waals surface area contributed by atoms with Crippen LogP contribution >= 0.6 is 0 Å². The predicted octanol–water partition coefficient (Wildman–Crippen LogP) is 2.25. The van der Waals surface area contributed by atoms with E-state index in [9.17, 15) is 0 Å². The number of aromatic amines is 1. The zero-order chi connectivity index (χ0) is 12.3. The van der Waals surface area contributed by atoms with Gasteiger partial charge in [-0.15, -0.1) is 0 Å². The fourth-order valence-corrected chi connectivity index (χ4v) is 1.65. The predicted molar refractivity (Wildman–Crippen MR) is 66.8 cm³/mol. The van der Waals surface area contributed by atoms with E-state index in [1.807, 2.05) is 44.2 Å². The maximum Gasteiger partial charge on any atom is 0.119 e. The monoisotopic (exact) mass is 231 g/mol. The van der Waals surface area contributed by atoms with Crippen molar-refractivity contribution in [2.24, 2.45) is 5.73 Å². The van der Waals surface area contributed by atoms with Crippen molar-refractivity contribution in [1.82, 2.24) is 10.2 Å². The molecular weight excluding hydrogens is 214 g/mol. The summed E-state index contributed by atoms with van der Waals surface area (Å²) in [5.74, 6) is 0.862. The molecule has 0 aliphatic carbocycles. The molecule has 0 bridgehead atoms. The SMILES string of the molecule is CC(C)Oc1ccc(C(N)c2ccn[nH]2)cc1. The van der Waals surface area contributed by atoms with E-state index in [0.717, 1.165) is 17.0 Å². The first kappa shape index (κ1) is 11.7. The fourth-order valence-electron chi connectivity index (χ4n) is 1.65. The third-order valence-corrected chi connectivity index (χ3v) is 2.47. The third kappa shape index (κ3) is 2.85. The van der Waals surface area contributed by atoms with Gasteiger partial charge < -0.3 is 10.5 Å². The molecule has 0 spiro atoms. The summed E-state index contributed by atoms with van der Waals surface area (Å²) >= 11 is 0. The lowest BCUT2D eigenvalue weighted by Crippen LogP contribution is -2.12. The Hall–Kier alpha value is -1.81. The molecule has 1 heterocycles. The largest absolute Gasteiger partial charge is 0.491 e. The molecule has 0 saturated carbocycles. The molecule has 2 rings (SSSR count). The minimum atomic E-state index is -0.175. The first-order chi connectivity index (χ1) is 8.16. The summed E-state index contributed by atoms with van der Waals surface area (Å²) in [6, 6.07) is 9.53. The van der Waals surface area contributed by atoms with Crippen LogP contribution in [0.25, 0.3) is 0 Å². The highest BCUT2D eigenvalue weighted by Gasteiger charge is 2.10. The van der Waals surface area contributed by atoms with E-state index in [2.05, 4.69) is 10.2 Å². The van der Waals surface area contributed by atoms with Gasteiger partial charge in [-0.05, 0) is 37.6 Å². The molecule has 1 aromatic heterocycles. The Morgan fingerprint density at radius 1 is 1.18 bits per heavy atom. The van der Waals surface area contributed by atoms with Gasteiger partial charge in [0, 0.05) is 6.20 Å². The Labute approximate surface area is 101 Å². The molecule has 4 nitrogen and oxygen atoms in total. The minimum absolute atomic E-state index is 0.175. The van der Waals surface area contributed by atoms with E-state index < -0.39 is 0 Å². The van der Waals surface area contributed by atoms with Crippen LogP contribution in [0, 0.1) is 0 Å². The lowest BCUT2D eigenvalue weighted by molar-refractivity contribution is 0.242. The van der Waals surface area contributed by atoms with Gasteiger partial charge in [0.25, 0.3) is 0 Å². The topological polar surface area (TPSA) is 63.9 Å². The average Bonchev–Trinajstić information content (AvgIpc) is 2.82. The first-order valence-corrected chi connectivity index (χ1v) is 5.68. The molecule has 4 heteroatoms. The molecule has 0 fully saturated rings. The summed E-state index contributed by atoms with van der Waals surface area (Å²) in [6.07, 6.45) is 1.88. The van der Waals surface area contributed by atoms with Gasteiger partial charge in [-0.25, -0.2) is 0 Å². The average molecular weight is 231 g/mol. The Balaban J connectivity index is 2.12. The summed E-state index contributed by atoms with van der Waals surface area (Å²) in [5.41, 5.74) is 8.04. The smallest absolute Gasteiger partial charge is 0.119 e. The van der Waals surface area contributed by atoms with Gasteiger partial charge in [0.15, 0.2) is 0 Å². The van der Waals surface area contributed by atoms with Gasteiger partial charge in [-0.1, -0.05) is 12.1 Å². The number of hydrogen-bond acceptors (Lipinski definition) is 3. The van der Waals surface area contributed by atoms with Gasteiger partial charge in [0.1, 0.15) is 5.75 Å². The maximum absolute atomic E-state index is 6.10. The zero-order valence-electron chi connectivity index (χ0n) is 10.1. The highest BCUT2D eigenvalue weighted by molar-refractivity contribution is 5.32. The second kappa shape index (κ2) is 5.01. The molecule has 1 atom stereocenters. The Bertz CT molecular complexity index is 448. The van der Waals surface area contributed by atoms with Crippen molar-refractivity contribution in [3.05, 3.63) is 47.8 Å². The number of nitrogens with zero attached hydrogens (tertiary/aromatic N) is 1. The number of benzene rings is 1. The van der Waals surface area contributed by atoms with E-state index in [-0.39, 0.29) is 12.1 Å². The third-order valence-electron chi connectivity index (χ3n) is 2.47. The number of aromatic nitrogens is 2.